The highest BCUT2D eigenvalue weighted by atomic mass is 16.1. The van der Waals surface area contributed by atoms with Crippen LogP contribution in [0.1, 0.15) is 43.7 Å². The molecule has 2 aliphatic carbocycles. The van der Waals surface area contributed by atoms with Gasteiger partial charge in [-0.1, -0.05) is 12.5 Å². The summed E-state index contributed by atoms with van der Waals surface area (Å²) in [5.74, 6) is 0. The molecule has 0 spiro atoms. The minimum Gasteiger partial charge on any atom is -0.330 e. The fourth-order valence-corrected chi connectivity index (χ4v) is 3.37. The molecule has 0 radical (unpaired) electrons. The minimum atomic E-state index is 0.0325. The number of hydrogen-bond donors (Lipinski definition) is 2. The maximum Gasteiger partial charge on any atom is 0.326 e. The van der Waals surface area contributed by atoms with E-state index in [4.69, 9.17) is 5.73 Å². The Labute approximate surface area is 111 Å². The fraction of sp³-hybridized carbons (Fsp3) is 0.533. The molecule has 0 unspecified atom stereocenters. The number of aromatic amines is 1. The second-order valence-corrected chi connectivity index (χ2v) is 6.10. The van der Waals surface area contributed by atoms with Gasteiger partial charge in [0.2, 0.25) is 0 Å². The summed E-state index contributed by atoms with van der Waals surface area (Å²) in [5.41, 5.74) is 9.45. The second kappa shape index (κ2) is 3.73. The Morgan fingerprint density at radius 1 is 1.37 bits per heavy atom. The van der Waals surface area contributed by atoms with Crippen molar-refractivity contribution in [1.29, 1.82) is 0 Å². The molecule has 2 aliphatic rings. The third-order valence-electron chi connectivity index (χ3n) is 4.94. The first kappa shape index (κ1) is 11.3. The molecule has 2 saturated carbocycles. The number of nitrogens with one attached hydrogen (secondary N) is 1. The topological polar surface area (TPSA) is 63.8 Å². The van der Waals surface area contributed by atoms with E-state index in [1.54, 1.807) is 0 Å². The Bertz CT molecular complexity index is 683. The van der Waals surface area contributed by atoms with Gasteiger partial charge in [-0.15, -0.1) is 0 Å². The van der Waals surface area contributed by atoms with Crippen LogP contribution in [0.15, 0.2) is 23.0 Å². The number of imidazole rings is 1. The van der Waals surface area contributed by atoms with Gasteiger partial charge < -0.3 is 10.7 Å². The monoisotopic (exact) mass is 257 g/mol. The van der Waals surface area contributed by atoms with E-state index in [2.05, 4.69) is 23.2 Å². The molecule has 1 aromatic carbocycles. The summed E-state index contributed by atoms with van der Waals surface area (Å²) in [7, 11) is 0. The summed E-state index contributed by atoms with van der Waals surface area (Å²) < 4.78 is 1.91. The van der Waals surface area contributed by atoms with Crippen LogP contribution >= 0.6 is 0 Å². The van der Waals surface area contributed by atoms with Gasteiger partial charge in [0.1, 0.15) is 0 Å². The van der Waals surface area contributed by atoms with Gasteiger partial charge in [-0.2, -0.15) is 0 Å². The van der Waals surface area contributed by atoms with Crippen molar-refractivity contribution < 1.29 is 0 Å². The zero-order valence-corrected chi connectivity index (χ0v) is 11.0. The number of H-pyrrole nitrogens is 1. The molecule has 100 valence electrons. The van der Waals surface area contributed by atoms with Crippen molar-refractivity contribution in [3.8, 4) is 0 Å². The average Bonchev–Trinajstić information content (AvgIpc) is 3.11. The molecule has 1 aromatic heterocycles. The van der Waals surface area contributed by atoms with E-state index >= 15 is 0 Å². The first-order chi connectivity index (χ1) is 9.23. The van der Waals surface area contributed by atoms with Crippen molar-refractivity contribution in [2.75, 3.05) is 6.54 Å². The van der Waals surface area contributed by atoms with Crippen LogP contribution in [0, 0.1) is 0 Å². The fourth-order valence-electron chi connectivity index (χ4n) is 3.37. The van der Waals surface area contributed by atoms with Crippen LogP contribution < -0.4 is 11.4 Å². The Morgan fingerprint density at radius 3 is 2.74 bits per heavy atom. The molecule has 3 N–H and O–H groups in total. The molecule has 4 rings (SSSR count). The molecule has 0 bridgehead atoms. The van der Waals surface area contributed by atoms with Crippen molar-refractivity contribution in [1.82, 2.24) is 9.55 Å². The molecule has 2 fully saturated rings. The predicted molar refractivity (Wildman–Crippen MR) is 75.4 cm³/mol. The van der Waals surface area contributed by atoms with Gasteiger partial charge in [-0.25, -0.2) is 4.79 Å². The second-order valence-electron chi connectivity index (χ2n) is 6.10. The number of nitrogens with zero attached hydrogens (tertiary/aromatic N) is 1. The summed E-state index contributed by atoms with van der Waals surface area (Å²) in [4.78, 5) is 15.0. The normalized spacial score (nSPS) is 21.5. The van der Waals surface area contributed by atoms with E-state index < -0.39 is 0 Å². The molecule has 2 aromatic rings. The highest BCUT2D eigenvalue weighted by Crippen LogP contribution is 2.43. The number of aromatic nitrogens is 2. The highest BCUT2D eigenvalue weighted by molar-refractivity contribution is 5.76. The summed E-state index contributed by atoms with van der Waals surface area (Å²) in [6.45, 7) is 0.700. The van der Waals surface area contributed by atoms with Crippen LogP contribution in [0.5, 0.6) is 0 Å². The van der Waals surface area contributed by atoms with Crippen molar-refractivity contribution >= 4 is 11.0 Å². The Kier molecular flexibility index (Phi) is 2.22. The van der Waals surface area contributed by atoms with Crippen LogP contribution in [0.25, 0.3) is 11.0 Å². The van der Waals surface area contributed by atoms with Gasteiger partial charge >= 0.3 is 5.69 Å². The molecular formula is C15H19N3O. The molecule has 0 amide bonds. The number of fused-ring (bicyclic) bond motifs is 1. The zero-order chi connectivity index (χ0) is 13.0. The smallest absolute Gasteiger partial charge is 0.326 e. The minimum absolute atomic E-state index is 0.0325. The molecule has 19 heavy (non-hydrogen) atoms. The van der Waals surface area contributed by atoms with Crippen LogP contribution in [-0.2, 0) is 5.41 Å². The van der Waals surface area contributed by atoms with E-state index in [0.717, 1.165) is 23.9 Å². The lowest BCUT2D eigenvalue weighted by Gasteiger charge is -2.41. The van der Waals surface area contributed by atoms with E-state index in [1.165, 1.54) is 24.8 Å². The maximum absolute atomic E-state index is 12.0. The Hall–Kier alpha value is -1.55. The molecule has 0 aliphatic heterocycles. The van der Waals surface area contributed by atoms with Crippen LogP contribution in [0.3, 0.4) is 0 Å². The van der Waals surface area contributed by atoms with Gasteiger partial charge in [0, 0.05) is 18.0 Å². The first-order valence-electron chi connectivity index (χ1n) is 7.18. The molecular weight excluding hydrogens is 238 g/mol. The lowest BCUT2D eigenvalue weighted by atomic mass is 9.64. The zero-order valence-electron chi connectivity index (χ0n) is 11.0. The highest BCUT2D eigenvalue weighted by Gasteiger charge is 2.37. The first-order valence-corrected chi connectivity index (χ1v) is 7.18. The number of rotatable bonds is 3. The van der Waals surface area contributed by atoms with Crippen molar-refractivity contribution in [2.45, 2.75) is 43.6 Å². The van der Waals surface area contributed by atoms with Crippen molar-refractivity contribution in [3.63, 3.8) is 0 Å². The lowest BCUT2D eigenvalue weighted by Crippen LogP contribution is -2.41. The number of nitrogens with two attached hydrogens (primary N) is 1. The van der Waals surface area contributed by atoms with E-state index in [9.17, 15) is 4.79 Å². The van der Waals surface area contributed by atoms with Gasteiger partial charge in [-0.3, -0.25) is 4.57 Å². The molecule has 0 atom stereocenters. The van der Waals surface area contributed by atoms with Gasteiger partial charge in [0.05, 0.1) is 11.0 Å². The molecule has 4 nitrogen and oxygen atoms in total. The Balaban J connectivity index is 1.86. The predicted octanol–water partition coefficient (Wildman–Crippen LogP) is 2.04. The van der Waals surface area contributed by atoms with Crippen LogP contribution in [0.2, 0.25) is 0 Å². The number of hydrogen-bond acceptors (Lipinski definition) is 2. The summed E-state index contributed by atoms with van der Waals surface area (Å²) in [6.07, 6.45) is 5.85. The van der Waals surface area contributed by atoms with Crippen LogP contribution in [0.4, 0.5) is 0 Å². The van der Waals surface area contributed by atoms with Gasteiger partial charge in [0.15, 0.2) is 0 Å². The third-order valence-corrected chi connectivity index (χ3v) is 4.94. The van der Waals surface area contributed by atoms with E-state index in [-0.39, 0.29) is 11.1 Å². The van der Waals surface area contributed by atoms with Crippen molar-refractivity contribution in [3.05, 3.63) is 34.2 Å². The van der Waals surface area contributed by atoms with E-state index in [1.807, 2.05) is 4.57 Å². The SMILES string of the molecule is NCC1(c2ccc3c(c2)[nH]c(=O)n3C2CC2)CCC1. The van der Waals surface area contributed by atoms with Crippen molar-refractivity contribution in [2.24, 2.45) is 5.73 Å². The molecule has 1 heterocycles. The van der Waals surface area contributed by atoms with Gasteiger partial charge in [-0.05, 0) is 43.4 Å². The largest absolute Gasteiger partial charge is 0.330 e. The maximum atomic E-state index is 12.0. The molecule has 0 saturated heterocycles. The summed E-state index contributed by atoms with van der Waals surface area (Å²) >= 11 is 0. The third kappa shape index (κ3) is 1.53. The van der Waals surface area contributed by atoms with E-state index in [0.29, 0.717) is 12.6 Å². The number of benzene rings is 1. The molecule has 4 heteroatoms. The summed E-state index contributed by atoms with van der Waals surface area (Å²) in [5, 5.41) is 0. The quantitative estimate of drug-likeness (QED) is 0.883. The van der Waals surface area contributed by atoms with Crippen LogP contribution in [-0.4, -0.2) is 16.1 Å². The Morgan fingerprint density at radius 2 is 2.16 bits per heavy atom. The summed E-state index contributed by atoms with van der Waals surface area (Å²) in [6, 6.07) is 6.82. The lowest BCUT2D eigenvalue weighted by molar-refractivity contribution is 0.253. The van der Waals surface area contributed by atoms with Gasteiger partial charge in [0.25, 0.3) is 0 Å². The standard InChI is InChI=1S/C15H19N3O/c16-9-15(6-1-7-15)10-2-5-13-12(8-10)17-14(19)18(13)11-3-4-11/h2,5,8,11H,1,3-4,6-7,9,16H2,(H,17,19). The average molecular weight is 257 g/mol.